The fraction of sp³-hybridized carbons (Fsp3) is 0.421. The lowest BCUT2D eigenvalue weighted by Crippen LogP contribution is -2.53. The molecule has 6 nitrogen and oxygen atoms in total. The molecule has 0 aliphatic carbocycles. The summed E-state index contributed by atoms with van der Waals surface area (Å²) < 4.78 is 0. The molecule has 25 heavy (non-hydrogen) atoms. The van der Waals surface area contributed by atoms with E-state index < -0.39 is 12.0 Å². The Balaban J connectivity index is 2.03. The molecular weight excluding hydrogens is 320 g/mol. The van der Waals surface area contributed by atoms with Gasteiger partial charge in [0.1, 0.15) is 6.04 Å². The molecule has 0 unspecified atom stereocenters. The van der Waals surface area contributed by atoms with E-state index in [0.717, 1.165) is 11.1 Å². The van der Waals surface area contributed by atoms with Crippen molar-refractivity contribution < 1.29 is 19.5 Å². The molecule has 1 aromatic rings. The van der Waals surface area contributed by atoms with Crippen molar-refractivity contribution in [2.45, 2.75) is 32.2 Å². The van der Waals surface area contributed by atoms with Crippen LogP contribution in [0.25, 0.3) is 6.08 Å². The zero-order valence-corrected chi connectivity index (χ0v) is 14.6. The van der Waals surface area contributed by atoms with Gasteiger partial charge in [0.05, 0.1) is 5.92 Å². The standard InChI is InChI=1S/C19H24N2O4/c1-13-6-8-14(9-7-13)4-3-5-17(22)21-12-15(18(23)20-2)10-11-16(21)19(24)25/h3-4,6-9,15-16H,5,10-12H2,1-2H3,(H,20,23)(H,24,25)/t15-,16-/m0/s1. The van der Waals surface area contributed by atoms with Crippen molar-refractivity contribution in [3.63, 3.8) is 0 Å². The van der Waals surface area contributed by atoms with E-state index in [-0.39, 0.29) is 30.7 Å². The summed E-state index contributed by atoms with van der Waals surface area (Å²) in [7, 11) is 1.54. The maximum absolute atomic E-state index is 12.5. The number of carboxylic acids is 1. The molecule has 0 saturated carbocycles. The quantitative estimate of drug-likeness (QED) is 0.853. The second kappa shape index (κ2) is 8.46. The highest BCUT2D eigenvalue weighted by molar-refractivity contribution is 5.87. The molecule has 1 fully saturated rings. The summed E-state index contributed by atoms with van der Waals surface area (Å²) in [5.41, 5.74) is 2.14. The number of amides is 2. The number of benzene rings is 1. The highest BCUT2D eigenvalue weighted by Crippen LogP contribution is 2.23. The second-order valence-corrected chi connectivity index (χ2v) is 6.31. The van der Waals surface area contributed by atoms with Crippen molar-refractivity contribution in [3.8, 4) is 0 Å². The summed E-state index contributed by atoms with van der Waals surface area (Å²) in [6.45, 7) is 2.15. The molecule has 2 rings (SSSR count). The van der Waals surface area contributed by atoms with E-state index in [1.165, 1.54) is 4.90 Å². The molecule has 1 aromatic carbocycles. The SMILES string of the molecule is CNC(=O)[C@H]1CC[C@@H](C(=O)O)N(C(=O)CC=Cc2ccc(C)cc2)C1. The third-order valence-corrected chi connectivity index (χ3v) is 4.48. The maximum Gasteiger partial charge on any atom is 0.326 e. The normalized spacial score (nSPS) is 20.5. The summed E-state index contributed by atoms with van der Waals surface area (Å²) in [4.78, 5) is 37.1. The van der Waals surface area contributed by atoms with Crippen molar-refractivity contribution in [2.24, 2.45) is 5.92 Å². The van der Waals surface area contributed by atoms with E-state index in [9.17, 15) is 19.5 Å². The molecule has 1 aliphatic rings. The van der Waals surface area contributed by atoms with Gasteiger partial charge in [-0.3, -0.25) is 9.59 Å². The molecule has 2 N–H and O–H groups in total. The van der Waals surface area contributed by atoms with Crippen LogP contribution in [0, 0.1) is 12.8 Å². The predicted molar refractivity (Wildman–Crippen MR) is 94.8 cm³/mol. The van der Waals surface area contributed by atoms with Crippen molar-refractivity contribution >= 4 is 23.9 Å². The van der Waals surface area contributed by atoms with Gasteiger partial charge in [0.25, 0.3) is 0 Å². The molecule has 2 amide bonds. The number of nitrogens with zero attached hydrogens (tertiary/aromatic N) is 1. The van der Waals surface area contributed by atoms with Crippen LogP contribution in [0.2, 0.25) is 0 Å². The number of likely N-dealkylation sites (tertiary alicyclic amines) is 1. The first-order valence-electron chi connectivity index (χ1n) is 8.39. The Bertz CT molecular complexity index is 667. The second-order valence-electron chi connectivity index (χ2n) is 6.31. The molecule has 6 heteroatoms. The van der Waals surface area contributed by atoms with Crippen LogP contribution >= 0.6 is 0 Å². The number of aryl methyl sites for hydroxylation is 1. The number of rotatable bonds is 5. The van der Waals surface area contributed by atoms with Crippen LogP contribution in [0.1, 0.15) is 30.4 Å². The van der Waals surface area contributed by atoms with Gasteiger partial charge < -0.3 is 15.3 Å². The Morgan fingerprint density at radius 3 is 2.52 bits per heavy atom. The molecule has 0 spiro atoms. The molecule has 134 valence electrons. The third kappa shape index (κ3) is 4.92. The minimum absolute atomic E-state index is 0.109. The number of hydrogen-bond donors (Lipinski definition) is 2. The minimum atomic E-state index is -1.02. The van der Waals surface area contributed by atoms with Crippen LogP contribution in [0.3, 0.4) is 0 Å². The smallest absolute Gasteiger partial charge is 0.326 e. The Morgan fingerprint density at radius 1 is 1.24 bits per heavy atom. The van der Waals surface area contributed by atoms with Crippen LogP contribution in [-0.4, -0.2) is 47.4 Å². The van der Waals surface area contributed by atoms with E-state index in [2.05, 4.69) is 5.32 Å². The average molecular weight is 344 g/mol. The lowest BCUT2D eigenvalue weighted by molar-refractivity contribution is -0.154. The van der Waals surface area contributed by atoms with Gasteiger partial charge in [-0.25, -0.2) is 4.79 Å². The van der Waals surface area contributed by atoms with Gasteiger partial charge in [0, 0.05) is 20.0 Å². The van der Waals surface area contributed by atoms with Gasteiger partial charge in [0.2, 0.25) is 11.8 Å². The zero-order valence-electron chi connectivity index (χ0n) is 14.6. The lowest BCUT2D eigenvalue weighted by Gasteiger charge is -2.36. The van der Waals surface area contributed by atoms with Crippen LogP contribution in [0.5, 0.6) is 0 Å². The first-order valence-corrected chi connectivity index (χ1v) is 8.39. The maximum atomic E-state index is 12.5. The first kappa shape index (κ1) is 18.7. The van der Waals surface area contributed by atoms with E-state index in [1.807, 2.05) is 37.3 Å². The van der Waals surface area contributed by atoms with Crippen molar-refractivity contribution in [3.05, 3.63) is 41.5 Å². The lowest BCUT2D eigenvalue weighted by atomic mass is 9.91. The Morgan fingerprint density at radius 2 is 1.92 bits per heavy atom. The molecule has 1 heterocycles. The summed E-state index contributed by atoms with van der Waals surface area (Å²) in [6.07, 6.45) is 4.45. The third-order valence-electron chi connectivity index (χ3n) is 4.48. The van der Waals surface area contributed by atoms with E-state index in [4.69, 9.17) is 0 Å². The predicted octanol–water partition coefficient (Wildman–Crippen LogP) is 1.84. The van der Waals surface area contributed by atoms with Gasteiger partial charge in [-0.1, -0.05) is 42.0 Å². The summed E-state index contributed by atoms with van der Waals surface area (Å²) >= 11 is 0. The molecule has 0 bridgehead atoms. The van der Waals surface area contributed by atoms with Gasteiger partial charge in [-0.15, -0.1) is 0 Å². The highest BCUT2D eigenvalue weighted by atomic mass is 16.4. The number of carbonyl (C=O) groups is 3. The number of piperidine rings is 1. The molecule has 1 saturated heterocycles. The van der Waals surface area contributed by atoms with Crippen LogP contribution < -0.4 is 5.32 Å². The minimum Gasteiger partial charge on any atom is -0.480 e. The number of carbonyl (C=O) groups excluding carboxylic acids is 2. The summed E-state index contributed by atoms with van der Waals surface area (Å²) in [5, 5.41) is 11.9. The summed E-state index contributed by atoms with van der Waals surface area (Å²) in [6, 6.07) is 7.03. The topological polar surface area (TPSA) is 86.7 Å². The zero-order chi connectivity index (χ0) is 18.4. The first-order chi connectivity index (χ1) is 11.9. The molecular formula is C19H24N2O4. The van der Waals surface area contributed by atoms with E-state index in [1.54, 1.807) is 13.1 Å². The highest BCUT2D eigenvalue weighted by Gasteiger charge is 2.37. The average Bonchev–Trinajstić information content (AvgIpc) is 2.62. The van der Waals surface area contributed by atoms with Crippen LogP contribution in [0.15, 0.2) is 30.3 Å². The fourth-order valence-corrected chi connectivity index (χ4v) is 3.01. The van der Waals surface area contributed by atoms with Crippen molar-refractivity contribution in [2.75, 3.05) is 13.6 Å². The number of aliphatic carboxylic acids is 1. The summed E-state index contributed by atoms with van der Waals surface area (Å²) in [5.74, 6) is -1.81. The van der Waals surface area contributed by atoms with E-state index in [0.29, 0.717) is 12.8 Å². The number of carboxylic acid groups (broad SMARTS) is 1. The Kier molecular flexibility index (Phi) is 6.33. The van der Waals surface area contributed by atoms with Gasteiger partial charge in [-0.2, -0.15) is 0 Å². The van der Waals surface area contributed by atoms with Gasteiger partial charge >= 0.3 is 5.97 Å². The van der Waals surface area contributed by atoms with Crippen LogP contribution in [0.4, 0.5) is 0 Å². The Labute approximate surface area is 147 Å². The molecule has 0 aromatic heterocycles. The molecule has 0 radical (unpaired) electrons. The molecule has 2 atom stereocenters. The van der Waals surface area contributed by atoms with E-state index >= 15 is 0 Å². The van der Waals surface area contributed by atoms with Gasteiger partial charge in [0.15, 0.2) is 0 Å². The van der Waals surface area contributed by atoms with Crippen molar-refractivity contribution in [1.29, 1.82) is 0 Å². The molecule has 1 aliphatic heterocycles. The number of nitrogens with one attached hydrogen (secondary N) is 1. The Hall–Kier alpha value is -2.63. The van der Waals surface area contributed by atoms with Crippen molar-refractivity contribution in [1.82, 2.24) is 10.2 Å². The fourth-order valence-electron chi connectivity index (χ4n) is 3.01. The van der Waals surface area contributed by atoms with Gasteiger partial charge in [-0.05, 0) is 25.3 Å². The monoisotopic (exact) mass is 344 g/mol. The largest absolute Gasteiger partial charge is 0.480 e. The number of hydrogen-bond acceptors (Lipinski definition) is 3. The van der Waals surface area contributed by atoms with Crippen LogP contribution in [-0.2, 0) is 14.4 Å².